The zero-order chi connectivity index (χ0) is 21.6. The van der Waals surface area contributed by atoms with E-state index in [1.165, 1.54) is 12.1 Å². The fraction of sp³-hybridized carbons (Fsp3) is 0.391. The molecule has 0 radical (unpaired) electrons. The Morgan fingerprint density at radius 2 is 2.06 bits per heavy atom. The highest BCUT2D eigenvalue weighted by molar-refractivity contribution is 5.79. The van der Waals surface area contributed by atoms with E-state index in [1.807, 2.05) is 25.1 Å². The molecule has 31 heavy (non-hydrogen) atoms. The van der Waals surface area contributed by atoms with E-state index in [1.54, 1.807) is 7.05 Å². The molecule has 164 valence electrons. The van der Waals surface area contributed by atoms with Gasteiger partial charge in [0.25, 0.3) is 0 Å². The number of hydrogen-bond donors (Lipinski definition) is 2. The number of rotatable bonds is 7. The summed E-state index contributed by atoms with van der Waals surface area (Å²) >= 11 is 0. The topological polar surface area (TPSA) is 72.7 Å². The third kappa shape index (κ3) is 4.96. The lowest BCUT2D eigenvalue weighted by molar-refractivity contribution is -0.0172. The quantitative estimate of drug-likeness (QED) is 0.346. The molecular formula is C23H28FN5O2. The van der Waals surface area contributed by atoms with Crippen LogP contribution in [0.4, 0.5) is 4.39 Å². The summed E-state index contributed by atoms with van der Waals surface area (Å²) in [6, 6.07) is 11.2. The normalized spacial score (nSPS) is 13.7. The number of aliphatic imine (C=N–C) groups is 1. The molecule has 0 saturated carbocycles. The second-order valence-corrected chi connectivity index (χ2v) is 7.49. The molecule has 0 spiro atoms. The first-order valence-corrected chi connectivity index (χ1v) is 10.5. The van der Waals surface area contributed by atoms with E-state index >= 15 is 0 Å². The molecule has 0 atom stereocenters. The van der Waals surface area contributed by atoms with Crippen LogP contribution in [0.1, 0.15) is 23.4 Å². The second kappa shape index (κ2) is 9.78. The average Bonchev–Trinajstić information content (AvgIpc) is 3.10. The number of aromatic nitrogens is 2. The molecule has 0 fully saturated rings. The molecule has 2 aromatic carbocycles. The summed E-state index contributed by atoms with van der Waals surface area (Å²) in [4.78, 5) is 8.89. The first kappa shape index (κ1) is 21.1. The van der Waals surface area contributed by atoms with Gasteiger partial charge < -0.3 is 24.7 Å². The van der Waals surface area contributed by atoms with Gasteiger partial charge in [0.15, 0.2) is 12.8 Å². The zero-order valence-electron chi connectivity index (χ0n) is 17.9. The fourth-order valence-electron chi connectivity index (χ4n) is 3.90. The van der Waals surface area contributed by atoms with Crippen molar-refractivity contribution in [1.29, 1.82) is 0 Å². The van der Waals surface area contributed by atoms with Crippen molar-refractivity contribution in [2.24, 2.45) is 4.99 Å². The van der Waals surface area contributed by atoms with E-state index in [9.17, 15) is 4.39 Å². The van der Waals surface area contributed by atoms with E-state index in [0.717, 1.165) is 59.2 Å². The monoisotopic (exact) mass is 425 g/mol. The van der Waals surface area contributed by atoms with Gasteiger partial charge in [-0.15, -0.1) is 0 Å². The molecule has 1 aliphatic heterocycles. The number of aryl methyl sites for hydroxylation is 2. The van der Waals surface area contributed by atoms with Gasteiger partial charge >= 0.3 is 0 Å². The Morgan fingerprint density at radius 3 is 2.94 bits per heavy atom. The SMILES string of the molecule is CN=C(NCCCn1c(C)nc2ccccc21)NCCc1cc(F)cc2c1OCOC2. The Labute approximate surface area is 181 Å². The lowest BCUT2D eigenvalue weighted by atomic mass is 10.1. The lowest BCUT2D eigenvalue weighted by Gasteiger charge is -2.21. The van der Waals surface area contributed by atoms with Crippen molar-refractivity contribution >= 4 is 17.0 Å². The van der Waals surface area contributed by atoms with Gasteiger partial charge in [-0.05, 0) is 49.6 Å². The molecule has 1 aliphatic rings. The number of para-hydroxylation sites is 2. The number of fused-ring (bicyclic) bond motifs is 2. The summed E-state index contributed by atoms with van der Waals surface area (Å²) in [5, 5.41) is 6.63. The van der Waals surface area contributed by atoms with Crippen molar-refractivity contribution in [1.82, 2.24) is 20.2 Å². The molecule has 0 amide bonds. The number of nitrogens with zero attached hydrogens (tertiary/aromatic N) is 3. The maximum atomic E-state index is 13.9. The average molecular weight is 426 g/mol. The van der Waals surface area contributed by atoms with Crippen LogP contribution in [0.15, 0.2) is 41.4 Å². The molecule has 7 nitrogen and oxygen atoms in total. The third-order valence-electron chi connectivity index (χ3n) is 5.36. The second-order valence-electron chi connectivity index (χ2n) is 7.49. The minimum absolute atomic E-state index is 0.202. The molecule has 2 heterocycles. The van der Waals surface area contributed by atoms with E-state index in [4.69, 9.17) is 9.47 Å². The maximum Gasteiger partial charge on any atom is 0.190 e. The predicted octanol–water partition coefficient (Wildman–Crippen LogP) is 3.15. The Balaban J connectivity index is 1.25. The molecule has 0 unspecified atom stereocenters. The summed E-state index contributed by atoms with van der Waals surface area (Å²) in [6.07, 6.45) is 1.56. The number of ether oxygens (including phenoxy) is 2. The summed E-state index contributed by atoms with van der Waals surface area (Å²) in [7, 11) is 1.74. The molecule has 0 saturated heterocycles. The van der Waals surface area contributed by atoms with Gasteiger partial charge in [-0.2, -0.15) is 0 Å². The van der Waals surface area contributed by atoms with Crippen LogP contribution < -0.4 is 15.4 Å². The van der Waals surface area contributed by atoms with Gasteiger partial charge in [0, 0.05) is 32.2 Å². The summed E-state index contributed by atoms with van der Waals surface area (Å²) in [5.74, 6) is 2.21. The van der Waals surface area contributed by atoms with Crippen LogP contribution in [0.2, 0.25) is 0 Å². The van der Waals surface area contributed by atoms with Gasteiger partial charge in [0.2, 0.25) is 0 Å². The number of hydrogen-bond acceptors (Lipinski definition) is 4. The largest absolute Gasteiger partial charge is 0.467 e. The van der Waals surface area contributed by atoms with E-state index in [-0.39, 0.29) is 12.6 Å². The highest BCUT2D eigenvalue weighted by Gasteiger charge is 2.16. The van der Waals surface area contributed by atoms with Gasteiger partial charge in [-0.3, -0.25) is 4.99 Å². The predicted molar refractivity (Wildman–Crippen MR) is 119 cm³/mol. The molecular weight excluding hydrogens is 397 g/mol. The molecule has 2 N–H and O–H groups in total. The molecule has 0 bridgehead atoms. The summed E-state index contributed by atoms with van der Waals surface area (Å²) in [5.41, 5.74) is 3.78. The molecule has 3 aromatic rings. The van der Waals surface area contributed by atoms with Crippen molar-refractivity contribution in [3.63, 3.8) is 0 Å². The van der Waals surface area contributed by atoms with Crippen molar-refractivity contribution in [3.05, 3.63) is 59.2 Å². The summed E-state index contributed by atoms with van der Waals surface area (Å²) in [6.45, 7) is 4.89. The van der Waals surface area contributed by atoms with Crippen LogP contribution in [-0.4, -0.2) is 42.4 Å². The van der Waals surface area contributed by atoms with Gasteiger partial charge in [-0.1, -0.05) is 12.1 Å². The van der Waals surface area contributed by atoms with Crippen LogP contribution >= 0.6 is 0 Å². The highest BCUT2D eigenvalue weighted by atomic mass is 19.1. The van der Waals surface area contributed by atoms with Crippen LogP contribution in [0.25, 0.3) is 11.0 Å². The molecule has 4 rings (SSSR count). The van der Waals surface area contributed by atoms with E-state index < -0.39 is 0 Å². The third-order valence-corrected chi connectivity index (χ3v) is 5.36. The highest BCUT2D eigenvalue weighted by Crippen LogP contribution is 2.29. The number of guanidine groups is 1. The first-order chi connectivity index (χ1) is 15.2. The molecule has 1 aromatic heterocycles. The van der Waals surface area contributed by atoms with Crippen LogP contribution in [0.5, 0.6) is 5.75 Å². The van der Waals surface area contributed by atoms with Crippen molar-refractivity contribution in [2.45, 2.75) is 32.9 Å². The minimum atomic E-state index is -0.271. The van der Waals surface area contributed by atoms with Crippen LogP contribution in [0, 0.1) is 12.7 Å². The fourth-order valence-corrected chi connectivity index (χ4v) is 3.90. The van der Waals surface area contributed by atoms with Gasteiger partial charge in [-0.25, -0.2) is 9.37 Å². The Hall–Kier alpha value is -3.13. The van der Waals surface area contributed by atoms with Crippen LogP contribution in [-0.2, 0) is 24.3 Å². The number of imidazole rings is 1. The molecule has 0 aliphatic carbocycles. The van der Waals surface area contributed by atoms with Crippen molar-refractivity contribution in [2.75, 3.05) is 26.9 Å². The van der Waals surface area contributed by atoms with Crippen molar-refractivity contribution in [3.8, 4) is 5.75 Å². The number of halogens is 1. The first-order valence-electron chi connectivity index (χ1n) is 10.5. The van der Waals surface area contributed by atoms with E-state index in [0.29, 0.717) is 19.6 Å². The Morgan fingerprint density at radius 1 is 1.23 bits per heavy atom. The summed E-state index contributed by atoms with van der Waals surface area (Å²) < 4.78 is 26.9. The number of nitrogens with one attached hydrogen (secondary N) is 2. The van der Waals surface area contributed by atoms with Gasteiger partial charge in [0.1, 0.15) is 17.4 Å². The van der Waals surface area contributed by atoms with Crippen LogP contribution in [0.3, 0.4) is 0 Å². The van der Waals surface area contributed by atoms with Crippen molar-refractivity contribution < 1.29 is 13.9 Å². The smallest absolute Gasteiger partial charge is 0.190 e. The maximum absolute atomic E-state index is 13.9. The number of benzene rings is 2. The Bertz CT molecular complexity index is 1080. The Kier molecular flexibility index (Phi) is 6.66. The zero-order valence-corrected chi connectivity index (χ0v) is 17.9. The minimum Gasteiger partial charge on any atom is -0.467 e. The standard InChI is InChI=1S/C23H28FN5O2/c1-16-28-20-6-3-4-7-21(20)29(16)11-5-9-26-23(25-2)27-10-8-17-12-19(24)13-18-14-30-15-31-22(17)18/h3-4,6-7,12-13H,5,8-11,14-15H2,1-2H3,(H2,25,26,27). The van der Waals surface area contributed by atoms with Gasteiger partial charge in [0.05, 0.1) is 17.6 Å². The molecule has 8 heteroatoms. The lowest BCUT2D eigenvalue weighted by Crippen LogP contribution is -2.39. The van der Waals surface area contributed by atoms with E-state index in [2.05, 4.69) is 31.2 Å².